The van der Waals surface area contributed by atoms with Gasteiger partial charge in [0.15, 0.2) is 0 Å². The summed E-state index contributed by atoms with van der Waals surface area (Å²) in [4.78, 5) is 4.05. The van der Waals surface area contributed by atoms with Gasteiger partial charge in [-0.2, -0.15) is 0 Å². The van der Waals surface area contributed by atoms with Crippen LogP contribution in [0.5, 0.6) is 0 Å². The maximum Gasteiger partial charge on any atom is 0.0377 e. The Morgan fingerprint density at radius 1 is 1.50 bits per heavy atom. The third-order valence-corrected chi connectivity index (χ3v) is 2.07. The first-order valence-corrected chi connectivity index (χ1v) is 5.09. The number of pyridine rings is 1. The zero-order chi connectivity index (χ0) is 10.4. The highest BCUT2D eigenvalue weighted by molar-refractivity contribution is 5.44. The highest BCUT2D eigenvalue weighted by atomic mass is 14.8. The molecule has 0 atom stereocenters. The molecule has 0 aliphatic carbocycles. The molecule has 1 aromatic rings. The van der Waals surface area contributed by atoms with Crippen LogP contribution in [0.4, 0.5) is 5.69 Å². The normalized spacial score (nSPS) is 10.8. The van der Waals surface area contributed by atoms with Gasteiger partial charge in [-0.3, -0.25) is 4.98 Å². The van der Waals surface area contributed by atoms with E-state index in [9.17, 15) is 0 Å². The topological polar surface area (TPSA) is 50.9 Å². The molecule has 3 N–H and O–H groups in total. The molecule has 0 aliphatic heterocycles. The first-order valence-electron chi connectivity index (χ1n) is 5.09. The van der Waals surface area contributed by atoms with Crippen LogP contribution in [0.15, 0.2) is 18.5 Å². The molecule has 78 valence electrons. The summed E-state index contributed by atoms with van der Waals surface area (Å²) >= 11 is 0. The van der Waals surface area contributed by atoms with E-state index in [0.29, 0.717) is 5.92 Å². The lowest BCUT2D eigenvalue weighted by Crippen LogP contribution is -2.22. The molecule has 0 spiro atoms. The molecule has 3 nitrogen and oxygen atoms in total. The predicted molar refractivity (Wildman–Crippen MR) is 60.1 cm³/mol. The summed E-state index contributed by atoms with van der Waals surface area (Å²) in [5.74, 6) is 0.696. The summed E-state index contributed by atoms with van der Waals surface area (Å²) in [5.41, 5.74) is 7.76. The van der Waals surface area contributed by atoms with Crippen molar-refractivity contribution >= 4 is 5.69 Å². The van der Waals surface area contributed by atoms with Gasteiger partial charge in [0.25, 0.3) is 0 Å². The van der Waals surface area contributed by atoms with Crippen molar-refractivity contribution in [3.63, 3.8) is 0 Å². The number of anilines is 1. The van der Waals surface area contributed by atoms with Crippen LogP contribution in [0, 0.1) is 5.92 Å². The Bertz CT molecular complexity index is 271. The number of rotatable bonds is 5. The van der Waals surface area contributed by atoms with Gasteiger partial charge < -0.3 is 11.1 Å². The molecule has 0 amide bonds. The van der Waals surface area contributed by atoms with E-state index < -0.39 is 0 Å². The summed E-state index contributed by atoms with van der Waals surface area (Å²) in [5, 5.41) is 3.38. The fourth-order valence-corrected chi connectivity index (χ4v) is 1.26. The minimum Gasteiger partial charge on any atom is -0.398 e. The molecule has 3 heteroatoms. The van der Waals surface area contributed by atoms with Crippen molar-refractivity contribution < 1.29 is 0 Å². The molecule has 0 bridgehead atoms. The standard InChI is InChI=1S/C11H19N3/c1-9(2)7-13-5-3-10-8-14-6-4-11(10)12/h4,6,8-9,13H,3,5,7H2,1-2H3,(H2,12,14). The maximum atomic E-state index is 5.79. The highest BCUT2D eigenvalue weighted by Gasteiger charge is 1.98. The molecule has 1 rings (SSSR count). The first-order chi connectivity index (χ1) is 6.70. The number of nitrogen functional groups attached to an aromatic ring is 1. The van der Waals surface area contributed by atoms with Crippen LogP contribution in [0.2, 0.25) is 0 Å². The van der Waals surface area contributed by atoms with Crippen molar-refractivity contribution in [2.75, 3.05) is 18.8 Å². The average molecular weight is 193 g/mol. The van der Waals surface area contributed by atoms with Crippen molar-refractivity contribution in [1.29, 1.82) is 0 Å². The third kappa shape index (κ3) is 3.75. The van der Waals surface area contributed by atoms with E-state index in [4.69, 9.17) is 5.73 Å². The highest BCUT2D eigenvalue weighted by Crippen LogP contribution is 2.08. The van der Waals surface area contributed by atoms with Gasteiger partial charge in [-0.1, -0.05) is 13.8 Å². The molecule has 1 heterocycles. The molecule has 0 saturated carbocycles. The maximum absolute atomic E-state index is 5.79. The van der Waals surface area contributed by atoms with E-state index in [0.717, 1.165) is 30.8 Å². The number of hydrogen-bond acceptors (Lipinski definition) is 3. The molecule has 0 aliphatic rings. The van der Waals surface area contributed by atoms with Crippen LogP contribution < -0.4 is 11.1 Å². The summed E-state index contributed by atoms with van der Waals surface area (Å²) in [6.45, 7) is 6.42. The Morgan fingerprint density at radius 3 is 2.93 bits per heavy atom. The number of nitrogens with zero attached hydrogens (tertiary/aromatic N) is 1. The molecule has 14 heavy (non-hydrogen) atoms. The van der Waals surface area contributed by atoms with E-state index in [1.54, 1.807) is 6.20 Å². The second kappa shape index (κ2) is 5.60. The van der Waals surface area contributed by atoms with Gasteiger partial charge in [-0.15, -0.1) is 0 Å². The Morgan fingerprint density at radius 2 is 2.29 bits per heavy atom. The smallest absolute Gasteiger partial charge is 0.0377 e. The predicted octanol–water partition coefficient (Wildman–Crippen LogP) is 1.45. The lowest BCUT2D eigenvalue weighted by molar-refractivity contribution is 0.554. The van der Waals surface area contributed by atoms with Crippen LogP contribution in [0.3, 0.4) is 0 Å². The van der Waals surface area contributed by atoms with E-state index in [2.05, 4.69) is 24.1 Å². The lowest BCUT2D eigenvalue weighted by atomic mass is 10.1. The van der Waals surface area contributed by atoms with Crippen LogP contribution in [-0.4, -0.2) is 18.1 Å². The fourth-order valence-electron chi connectivity index (χ4n) is 1.26. The molecular formula is C11H19N3. The number of nitrogens with two attached hydrogens (primary N) is 1. The van der Waals surface area contributed by atoms with Crippen molar-refractivity contribution in [2.24, 2.45) is 5.92 Å². The molecule has 0 saturated heterocycles. The number of nitrogens with one attached hydrogen (secondary N) is 1. The molecule has 0 fully saturated rings. The fraction of sp³-hybridized carbons (Fsp3) is 0.545. The van der Waals surface area contributed by atoms with Gasteiger partial charge in [0.2, 0.25) is 0 Å². The van der Waals surface area contributed by atoms with Gasteiger partial charge in [0, 0.05) is 18.1 Å². The molecule has 1 aromatic heterocycles. The second-order valence-electron chi connectivity index (χ2n) is 3.92. The Balaban J connectivity index is 2.28. The van der Waals surface area contributed by atoms with E-state index in [1.807, 2.05) is 12.3 Å². The van der Waals surface area contributed by atoms with Crippen molar-refractivity contribution in [1.82, 2.24) is 10.3 Å². The van der Waals surface area contributed by atoms with Crippen LogP contribution in [-0.2, 0) is 6.42 Å². The zero-order valence-electron chi connectivity index (χ0n) is 8.96. The molecular weight excluding hydrogens is 174 g/mol. The van der Waals surface area contributed by atoms with Crippen LogP contribution >= 0.6 is 0 Å². The monoisotopic (exact) mass is 193 g/mol. The Hall–Kier alpha value is -1.09. The zero-order valence-corrected chi connectivity index (χ0v) is 8.96. The minimum absolute atomic E-state index is 0.696. The molecule has 0 unspecified atom stereocenters. The largest absolute Gasteiger partial charge is 0.398 e. The van der Waals surface area contributed by atoms with Gasteiger partial charge in [0.05, 0.1) is 0 Å². The van der Waals surface area contributed by atoms with Crippen molar-refractivity contribution in [3.05, 3.63) is 24.0 Å². The lowest BCUT2D eigenvalue weighted by Gasteiger charge is -2.08. The average Bonchev–Trinajstić information content (AvgIpc) is 2.15. The SMILES string of the molecule is CC(C)CNCCc1cnccc1N. The van der Waals surface area contributed by atoms with Gasteiger partial charge >= 0.3 is 0 Å². The Labute approximate surface area is 85.7 Å². The van der Waals surface area contributed by atoms with E-state index in [-0.39, 0.29) is 0 Å². The minimum atomic E-state index is 0.696. The van der Waals surface area contributed by atoms with E-state index >= 15 is 0 Å². The van der Waals surface area contributed by atoms with Gasteiger partial charge in [-0.25, -0.2) is 0 Å². The Kier molecular flexibility index (Phi) is 4.40. The van der Waals surface area contributed by atoms with Gasteiger partial charge in [0.1, 0.15) is 0 Å². The van der Waals surface area contributed by atoms with Crippen LogP contribution in [0.25, 0.3) is 0 Å². The van der Waals surface area contributed by atoms with E-state index in [1.165, 1.54) is 0 Å². The summed E-state index contributed by atoms with van der Waals surface area (Å²) in [6.07, 6.45) is 4.51. The quantitative estimate of drug-likeness (QED) is 0.696. The number of hydrogen-bond donors (Lipinski definition) is 2. The molecule has 0 aromatic carbocycles. The summed E-state index contributed by atoms with van der Waals surface area (Å²) < 4.78 is 0. The van der Waals surface area contributed by atoms with Crippen molar-refractivity contribution in [3.8, 4) is 0 Å². The number of aromatic nitrogens is 1. The van der Waals surface area contributed by atoms with Crippen LogP contribution in [0.1, 0.15) is 19.4 Å². The van der Waals surface area contributed by atoms with Crippen molar-refractivity contribution in [2.45, 2.75) is 20.3 Å². The third-order valence-electron chi connectivity index (χ3n) is 2.07. The second-order valence-corrected chi connectivity index (χ2v) is 3.92. The van der Waals surface area contributed by atoms with Gasteiger partial charge in [-0.05, 0) is 37.1 Å². The summed E-state index contributed by atoms with van der Waals surface area (Å²) in [6, 6.07) is 1.85. The summed E-state index contributed by atoms with van der Waals surface area (Å²) in [7, 11) is 0. The first kappa shape index (κ1) is 11.0. The molecule has 0 radical (unpaired) electrons.